The number of hydrogen-bond acceptors (Lipinski definition) is 7. The van der Waals surface area contributed by atoms with E-state index in [9.17, 15) is 19.8 Å². The van der Waals surface area contributed by atoms with Crippen molar-refractivity contribution in [2.45, 2.75) is 0 Å². The lowest BCUT2D eigenvalue weighted by atomic mass is 10.1. The van der Waals surface area contributed by atoms with Crippen LogP contribution >= 0.6 is 0 Å². The predicted molar refractivity (Wildman–Crippen MR) is 118 cm³/mol. The summed E-state index contributed by atoms with van der Waals surface area (Å²) in [7, 11) is 0. The lowest BCUT2D eigenvalue weighted by Crippen LogP contribution is -2.13. The molecule has 0 radical (unpaired) electrons. The smallest absolute Gasteiger partial charge is 0.338 e. The minimum atomic E-state index is -1.15. The van der Waals surface area contributed by atoms with Gasteiger partial charge in [-0.25, -0.2) is 9.78 Å². The number of carbonyl (C=O) groups is 2. The first-order valence-corrected chi connectivity index (χ1v) is 9.80. The van der Waals surface area contributed by atoms with Gasteiger partial charge in [0.15, 0.2) is 17.0 Å². The number of nitrogens with zero attached hydrogens (tertiary/aromatic N) is 2. The molecule has 0 saturated carbocycles. The number of aromatic hydroxyl groups is 1. The third kappa shape index (κ3) is 3.68. The van der Waals surface area contributed by atoms with Gasteiger partial charge < -0.3 is 24.5 Å². The van der Waals surface area contributed by atoms with E-state index < -0.39 is 11.9 Å². The van der Waals surface area contributed by atoms with Crippen molar-refractivity contribution >= 4 is 28.7 Å². The van der Waals surface area contributed by atoms with Crippen LogP contribution in [0.15, 0.2) is 81.7 Å². The Morgan fingerprint density at radius 1 is 0.939 bits per heavy atom. The molecule has 0 bridgehead atoms. The molecule has 3 aromatic carbocycles. The first-order valence-electron chi connectivity index (χ1n) is 9.80. The Kier molecular flexibility index (Phi) is 4.83. The molecule has 0 atom stereocenters. The van der Waals surface area contributed by atoms with Crippen LogP contribution in [0.2, 0.25) is 0 Å². The second-order valence-corrected chi connectivity index (χ2v) is 7.07. The van der Waals surface area contributed by atoms with Gasteiger partial charge in [-0.05, 0) is 24.3 Å². The van der Waals surface area contributed by atoms with Crippen molar-refractivity contribution in [3.8, 4) is 28.5 Å². The van der Waals surface area contributed by atoms with Gasteiger partial charge >= 0.3 is 5.97 Å². The Bertz CT molecular complexity index is 1500. The molecule has 0 aliphatic rings. The fourth-order valence-corrected chi connectivity index (χ4v) is 3.38. The molecule has 0 saturated heterocycles. The van der Waals surface area contributed by atoms with E-state index in [1.54, 1.807) is 24.3 Å². The van der Waals surface area contributed by atoms with Crippen LogP contribution in [0, 0.1) is 0 Å². The second-order valence-electron chi connectivity index (χ2n) is 7.07. The van der Waals surface area contributed by atoms with Crippen molar-refractivity contribution in [2.24, 2.45) is 0 Å². The van der Waals surface area contributed by atoms with Crippen molar-refractivity contribution in [1.29, 1.82) is 0 Å². The molecule has 1 amide bonds. The molecule has 9 heteroatoms. The highest BCUT2D eigenvalue weighted by molar-refractivity contribution is 6.06. The van der Waals surface area contributed by atoms with Crippen molar-refractivity contribution in [2.75, 3.05) is 5.32 Å². The van der Waals surface area contributed by atoms with Crippen molar-refractivity contribution in [3.63, 3.8) is 0 Å². The lowest BCUT2D eigenvalue weighted by molar-refractivity contribution is 0.0698. The summed E-state index contributed by atoms with van der Waals surface area (Å²) in [5.74, 6) is -1.54. The maximum atomic E-state index is 12.8. The zero-order valence-corrected chi connectivity index (χ0v) is 16.9. The maximum Gasteiger partial charge on any atom is 0.338 e. The molecule has 0 aliphatic carbocycles. The van der Waals surface area contributed by atoms with Crippen molar-refractivity contribution < 1.29 is 28.7 Å². The first-order chi connectivity index (χ1) is 16.0. The minimum absolute atomic E-state index is 0.00813. The predicted octanol–water partition coefficient (Wildman–Crippen LogP) is 4.81. The maximum absolute atomic E-state index is 12.8. The molecule has 162 valence electrons. The molecule has 2 aromatic heterocycles. The van der Waals surface area contributed by atoms with Crippen LogP contribution in [0.3, 0.4) is 0 Å². The van der Waals surface area contributed by atoms with Gasteiger partial charge in [-0.3, -0.25) is 4.79 Å². The largest absolute Gasteiger partial charge is 0.506 e. The van der Waals surface area contributed by atoms with Gasteiger partial charge in [0.25, 0.3) is 5.91 Å². The van der Waals surface area contributed by atoms with Gasteiger partial charge in [0, 0.05) is 11.6 Å². The van der Waals surface area contributed by atoms with Crippen molar-refractivity contribution in [3.05, 3.63) is 84.1 Å². The number of phenolic OH excluding ortho intramolecular Hbond substituents is 1. The highest BCUT2D eigenvalue weighted by atomic mass is 16.5. The molecule has 0 aliphatic heterocycles. The zero-order valence-electron chi connectivity index (χ0n) is 16.9. The number of para-hydroxylation sites is 2. The molecule has 33 heavy (non-hydrogen) atoms. The minimum Gasteiger partial charge on any atom is -0.506 e. The summed E-state index contributed by atoms with van der Waals surface area (Å²) in [4.78, 5) is 28.6. The van der Waals surface area contributed by atoms with Crippen LogP contribution in [-0.4, -0.2) is 32.2 Å². The highest BCUT2D eigenvalue weighted by Gasteiger charge is 2.22. The standard InChI is InChI=1S/C24H15N3O6/c28-17-10-4-8-14(23-26-21-15(24(30)31)9-5-11-18(21)32-23)20(17)25-22(29)16-12-19(33-27-16)13-6-2-1-3-7-13/h1-12,28H,(H,25,29)(H,30,31). The Morgan fingerprint density at radius 3 is 2.52 bits per heavy atom. The van der Waals surface area contributed by atoms with Crippen LogP contribution in [0.1, 0.15) is 20.8 Å². The van der Waals surface area contributed by atoms with Crippen LogP contribution < -0.4 is 5.32 Å². The van der Waals surface area contributed by atoms with E-state index >= 15 is 0 Å². The molecular weight excluding hydrogens is 426 g/mol. The Labute approximate surface area is 185 Å². The fraction of sp³-hybridized carbons (Fsp3) is 0. The molecule has 5 aromatic rings. The van der Waals surface area contributed by atoms with Crippen LogP contribution in [-0.2, 0) is 0 Å². The summed E-state index contributed by atoms with van der Waals surface area (Å²) in [6.45, 7) is 0. The molecule has 0 fully saturated rings. The molecule has 0 unspecified atom stereocenters. The summed E-state index contributed by atoms with van der Waals surface area (Å²) < 4.78 is 11.0. The highest BCUT2D eigenvalue weighted by Crippen LogP contribution is 2.37. The molecule has 0 spiro atoms. The SMILES string of the molecule is O=C(Nc1c(O)cccc1-c1nc2c(C(=O)O)cccc2o1)c1cc(-c2ccccc2)on1. The summed E-state index contributed by atoms with van der Waals surface area (Å²) >= 11 is 0. The fourth-order valence-electron chi connectivity index (χ4n) is 3.38. The summed E-state index contributed by atoms with van der Waals surface area (Å²) in [6, 6.07) is 19.7. The van der Waals surface area contributed by atoms with Gasteiger partial charge in [0.05, 0.1) is 16.8 Å². The van der Waals surface area contributed by atoms with Crippen LogP contribution in [0.4, 0.5) is 5.69 Å². The lowest BCUT2D eigenvalue weighted by Gasteiger charge is -2.09. The quantitative estimate of drug-likeness (QED) is 0.330. The number of aromatic carboxylic acids is 1. The number of phenols is 1. The number of nitrogens with one attached hydrogen (secondary N) is 1. The number of carboxylic acids is 1. The van der Waals surface area contributed by atoms with Crippen LogP contribution in [0.25, 0.3) is 33.9 Å². The topological polar surface area (TPSA) is 139 Å². The number of oxazole rings is 1. The Hall–Kier alpha value is -4.92. The zero-order chi connectivity index (χ0) is 22.9. The van der Waals surface area contributed by atoms with E-state index in [1.807, 2.05) is 30.3 Å². The van der Waals surface area contributed by atoms with Gasteiger partial charge in [-0.15, -0.1) is 0 Å². The van der Waals surface area contributed by atoms with E-state index in [-0.39, 0.29) is 45.2 Å². The number of fused-ring (bicyclic) bond motifs is 1. The summed E-state index contributed by atoms with van der Waals surface area (Å²) in [5, 5.41) is 26.2. The van der Waals surface area contributed by atoms with Gasteiger partial charge in [0.2, 0.25) is 5.89 Å². The molecule has 3 N–H and O–H groups in total. The number of rotatable bonds is 5. The number of amides is 1. The number of aromatic nitrogens is 2. The Balaban J connectivity index is 1.50. The number of carboxylic acid groups (broad SMARTS) is 1. The third-order valence-electron chi connectivity index (χ3n) is 4.96. The molecule has 9 nitrogen and oxygen atoms in total. The van der Waals surface area contributed by atoms with Crippen molar-refractivity contribution in [1.82, 2.24) is 10.1 Å². The number of benzene rings is 3. The van der Waals surface area contributed by atoms with Crippen LogP contribution in [0.5, 0.6) is 5.75 Å². The van der Waals surface area contributed by atoms with Gasteiger partial charge in [-0.2, -0.15) is 0 Å². The summed E-state index contributed by atoms with van der Waals surface area (Å²) in [5.41, 5.74) is 1.46. The van der Waals surface area contributed by atoms with Gasteiger partial charge in [0.1, 0.15) is 11.3 Å². The van der Waals surface area contributed by atoms with E-state index in [1.165, 1.54) is 18.2 Å². The van der Waals surface area contributed by atoms with Gasteiger partial charge in [-0.1, -0.05) is 47.6 Å². The number of anilines is 1. The second kappa shape index (κ2) is 7.97. The van der Waals surface area contributed by atoms with E-state index in [0.717, 1.165) is 5.56 Å². The molecule has 2 heterocycles. The number of carbonyl (C=O) groups excluding carboxylic acids is 1. The average molecular weight is 441 g/mol. The summed E-state index contributed by atoms with van der Waals surface area (Å²) in [6.07, 6.45) is 0. The molecule has 5 rings (SSSR count). The van der Waals surface area contributed by atoms with E-state index in [4.69, 9.17) is 8.94 Å². The van der Waals surface area contributed by atoms with E-state index in [0.29, 0.717) is 5.76 Å². The normalized spacial score (nSPS) is 10.9. The molecular formula is C24H15N3O6. The Morgan fingerprint density at radius 2 is 1.73 bits per heavy atom. The third-order valence-corrected chi connectivity index (χ3v) is 4.96. The monoisotopic (exact) mass is 441 g/mol. The first kappa shape index (κ1) is 20.0. The number of hydrogen-bond donors (Lipinski definition) is 3. The average Bonchev–Trinajstić information content (AvgIpc) is 3.48. The van der Waals surface area contributed by atoms with E-state index in [2.05, 4.69) is 15.5 Å².